The van der Waals surface area contributed by atoms with E-state index in [2.05, 4.69) is 17.3 Å². The van der Waals surface area contributed by atoms with Crippen LogP contribution in [0.5, 0.6) is 0 Å². The molecule has 6 nitrogen and oxygen atoms in total. The van der Waals surface area contributed by atoms with Gasteiger partial charge in [0.15, 0.2) is 0 Å². The van der Waals surface area contributed by atoms with Gasteiger partial charge >= 0.3 is 0 Å². The smallest absolute Gasteiger partial charge is 0.251 e. The molecule has 26 heavy (non-hydrogen) atoms. The predicted octanol–water partition coefficient (Wildman–Crippen LogP) is 2.56. The molecule has 1 aliphatic rings. The lowest BCUT2D eigenvalue weighted by molar-refractivity contribution is -0.132. The van der Waals surface area contributed by atoms with Gasteiger partial charge in [-0.1, -0.05) is 6.92 Å². The Morgan fingerprint density at radius 2 is 2.00 bits per heavy atom. The van der Waals surface area contributed by atoms with Crippen molar-refractivity contribution >= 4 is 11.8 Å². The van der Waals surface area contributed by atoms with Crippen LogP contribution in [-0.2, 0) is 4.79 Å². The van der Waals surface area contributed by atoms with Crippen molar-refractivity contribution in [2.75, 3.05) is 19.6 Å². The Balaban J connectivity index is 1.49. The van der Waals surface area contributed by atoms with E-state index in [1.807, 2.05) is 34.7 Å². The summed E-state index contributed by atoms with van der Waals surface area (Å²) in [4.78, 5) is 26.4. The second-order valence-electron chi connectivity index (χ2n) is 7.02. The van der Waals surface area contributed by atoms with E-state index in [0.29, 0.717) is 24.4 Å². The van der Waals surface area contributed by atoms with Crippen LogP contribution in [0.2, 0.25) is 0 Å². The number of piperidine rings is 1. The van der Waals surface area contributed by atoms with Crippen molar-refractivity contribution in [1.82, 2.24) is 20.0 Å². The van der Waals surface area contributed by atoms with E-state index in [1.54, 1.807) is 18.3 Å². The summed E-state index contributed by atoms with van der Waals surface area (Å²) in [6.07, 6.45) is 4.36. The molecule has 0 radical (unpaired) electrons. The van der Waals surface area contributed by atoms with Crippen LogP contribution in [0.4, 0.5) is 0 Å². The van der Waals surface area contributed by atoms with Crippen LogP contribution < -0.4 is 5.32 Å². The highest BCUT2D eigenvalue weighted by atomic mass is 16.2. The highest BCUT2D eigenvalue weighted by molar-refractivity contribution is 5.94. The van der Waals surface area contributed by atoms with Gasteiger partial charge in [-0.15, -0.1) is 0 Å². The molecule has 2 aromatic rings. The van der Waals surface area contributed by atoms with Crippen LogP contribution in [0.1, 0.15) is 42.2 Å². The van der Waals surface area contributed by atoms with Crippen LogP contribution in [0.3, 0.4) is 0 Å². The Labute approximate surface area is 154 Å². The normalized spacial score (nSPS) is 17.2. The third-order valence-electron chi connectivity index (χ3n) is 4.84. The van der Waals surface area contributed by atoms with Crippen LogP contribution in [-0.4, -0.2) is 46.1 Å². The second kappa shape index (κ2) is 8.17. The van der Waals surface area contributed by atoms with Gasteiger partial charge in [0.1, 0.15) is 0 Å². The molecule has 0 spiro atoms. The lowest BCUT2D eigenvalue weighted by atomic mass is 10.00. The van der Waals surface area contributed by atoms with Crippen LogP contribution in [0.15, 0.2) is 36.5 Å². The van der Waals surface area contributed by atoms with Gasteiger partial charge in [-0.25, -0.2) is 4.68 Å². The maximum atomic E-state index is 12.3. The molecule has 0 bridgehead atoms. The molecule has 138 valence electrons. The number of aromatic nitrogens is 2. The Hall–Kier alpha value is -2.63. The Morgan fingerprint density at radius 3 is 2.65 bits per heavy atom. The third kappa shape index (κ3) is 4.31. The van der Waals surface area contributed by atoms with Crippen molar-refractivity contribution < 1.29 is 9.59 Å². The summed E-state index contributed by atoms with van der Waals surface area (Å²) in [7, 11) is 0. The molecule has 1 aliphatic heterocycles. The van der Waals surface area contributed by atoms with E-state index < -0.39 is 0 Å². The van der Waals surface area contributed by atoms with E-state index in [4.69, 9.17) is 0 Å². The largest absolute Gasteiger partial charge is 0.352 e. The maximum absolute atomic E-state index is 12.3. The first-order valence-corrected chi connectivity index (χ1v) is 9.21. The van der Waals surface area contributed by atoms with Gasteiger partial charge in [-0.3, -0.25) is 9.59 Å². The van der Waals surface area contributed by atoms with Gasteiger partial charge in [0.05, 0.1) is 5.69 Å². The summed E-state index contributed by atoms with van der Waals surface area (Å²) < 4.78 is 1.82. The van der Waals surface area contributed by atoms with Crippen molar-refractivity contribution in [2.24, 2.45) is 5.92 Å². The number of amides is 2. The summed E-state index contributed by atoms with van der Waals surface area (Å²) in [5, 5.41) is 7.09. The zero-order chi connectivity index (χ0) is 18.5. The minimum absolute atomic E-state index is 0.126. The number of likely N-dealkylation sites (tertiary alicyclic amines) is 1. The number of nitrogens with zero attached hydrogens (tertiary/aromatic N) is 3. The first kappa shape index (κ1) is 18.2. The minimum Gasteiger partial charge on any atom is -0.352 e. The number of hydrogen-bond acceptors (Lipinski definition) is 3. The van der Waals surface area contributed by atoms with E-state index >= 15 is 0 Å². The summed E-state index contributed by atoms with van der Waals surface area (Å²) in [6, 6.07) is 9.23. The molecule has 1 N–H and O–H groups in total. The number of nitrogens with one attached hydrogen (secondary N) is 1. The van der Waals surface area contributed by atoms with Crippen molar-refractivity contribution in [3.8, 4) is 5.69 Å². The molecule has 2 amide bonds. The van der Waals surface area contributed by atoms with Crippen molar-refractivity contribution in [3.63, 3.8) is 0 Å². The lowest BCUT2D eigenvalue weighted by Gasteiger charge is -2.31. The molecule has 1 atom stereocenters. The van der Waals surface area contributed by atoms with Gasteiger partial charge < -0.3 is 10.2 Å². The molecule has 3 rings (SSSR count). The Morgan fingerprint density at radius 1 is 1.23 bits per heavy atom. The number of benzene rings is 1. The summed E-state index contributed by atoms with van der Waals surface area (Å²) >= 11 is 0. The molecule has 1 aromatic carbocycles. The molecule has 1 unspecified atom stereocenters. The van der Waals surface area contributed by atoms with Crippen molar-refractivity contribution in [3.05, 3.63) is 47.8 Å². The number of hydrogen-bond donors (Lipinski definition) is 1. The van der Waals surface area contributed by atoms with Gasteiger partial charge in [-0.2, -0.15) is 5.10 Å². The standard InChI is InChI=1S/C20H26N4O2/c1-15-4-3-13-23(14-15)19(25)10-11-21-20(26)17-5-7-18(8-6-17)24-16(2)9-12-22-24/h5-9,12,15H,3-4,10-11,13-14H2,1-2H3,(H,21,26). The van der Waals surface area contributed by atoms with E-state index in [-0.39, 0.29) is 11.8 Å². The number of aryl methyl sites for hydroxylation is 1. The van der Waals surface area contributed by atoms with Crippen LogP contribution >= 0.6 is 0 Å². The average molecular weight is 354 g/mol. The zero-order valence-corrected chi connectivity index (χ0v) is 15.4. The predicted molar refractivity (Wildman–Crippen MR) is 100 cm³/mol. The molecular formula is C20H26N4O2. The molecule has 6 heteroatoms. The summed E-state index contributed by atoms with van der Waals surface area (Å²) in [5.74, 6) is 0.536. The van der Waals surface area contributed by atoms with Crippen molar-refractivity contribution in [1.29, 1.82) is 0 Å². The van der Waals surface area contributed by atoms with Crippen LogP contribution in [0, 0.1) is 12.8 Å². The van der Waals surface area contributed by atoms with E-state index in [1.165, 1.54) is 6.42 Å². The summed E-state index contributed by atoms with van der Waals surface area (Å²) in [5.41, 5.74) is 2.53. The monoisotopic (exact) mass is 354 g/mol. The highest BCUT2D eigenvalue weighted by Crippen LogP contribution is 2.16. The first-order chi connectivity index (χ1) is 12.5. The second-order valence-corrected chi connectivity index (χ2v) is 7.02. The van der Waals surface area contributed by atoms with E-state index in [9.17, 15) is 9.59 Å². The minimum atomic E-state index is -0.159. The number of carbonyl (C=O) groups is 2. The third-order valence-corrected chi connectivity index (χ3v) is 4.84. The van der Waals surface area contributed by atoms with Gasteiger partial charge in [0, 0.05) is 43.5 Å². The van der Waals surface area contributed by atoms with Gasteiger partial charge in [0.25, 0.3) is 5.91 Å². The number of rotatable bonds is 5. The molecule has 1 aromatic heterocycles. The summed E-state index contributed by atoms with van der Waals surface area (Å²) in [6.45, 7) is 6.19. The fraction of sp³-hybridized carbons (Fsp3) is 0.450. The molecule has 0 saturated carbocycles. The molecule has 2 heterocycles. The van der Waals surface area contributed by atoms with Gasteiger partial charge in [0.2, 0.25) is 5.91 Å². The van der Waals surface area contributed by atoms with E-state index in [0.717, 1.165) is 30.9 Å². The number of carbonyl (C=O) groups excluding carboxylic acids is 2. The first-order valence-electron chi connectivity index (χ1n) is 9.21. The Bertz CT molecular complexity index is 766. The quantitative estimate of drug-likeness (QED) is 0.897. The van der Waals surface area contributed by atoms with Crippen LogP contribution in [0.25, 0.3) is 5.69 Å². The lowest BCUT2D eigenvalue weighted by Crippen LogP contribution is -2.40. The average Bonchev–Trinajstić information content (AvgIpc) is 3.07. The SMILES string of the molecule is Cc1ccnn1-c1ccc(C(=O)NCCC(=O)N2CCCC(C)C2)cc1. The molecular weight excluding hydrogens is 328 g/mol. The highest BCUT2D eigenvalue weighted by Gasteiger charge is 2.20. The van der Waals surface area contributed by atoms with Gasteiger partial charge in [-0.05, 0) is 56.0 Å². The fourth-order valence-electron chi connectivity index (χ4n) is 3.35. The zero-order valence-electron chi connectivity index (χ0n) is 15.4. The maximum Gasteiger partial charge on any atom is 0.251 e. The fourth-order valence-corrected chi connectivity index (χ4v) is 3.35. The molecule has 1 fully saturated rings. The topological polar surface area (TPSA) is 67.2 Å². The molecule has 1 saturated heterocycles. The van der Waals surface area contributed by atoms with Crippen molar-refractivity contribution in [2.45, 2.75) is 33.1 Å². The Kier molecular flexibility index (Phi) is 5.71. The molecule has 0 aliphatic carbocycles.